The Bertz CT molecular complexity index is 257. The highest BCUT2D eigenvalue weighted by molar-refractivity contribution is 5.79. The summed E-state index contributed by atoms with van der Waals surface area (Å²) in [6, 6.07) is 0.430. The minimum absolute atomic E-state index is 0.311. The van der Waals surface area contributed by atoms with E-state index in [0.717, 1.165) is 32.2 Å². The highest BCUT2D eigenvalue weighted by atomic mass is 16.2. The molecule has 2 N–H and O–H groups in total. The van der Waals surface area contributed by atoms with Crippen LogP contribution in [0.5, 0.6) is 0 Å². The summed E-state index contributed by atoms with van der Waals surface area (Å²) in [6.45, 7) is 1.68. The van der Waals surface area contributed by atoms with Crippen LogP contribution in [0.2, 0.25) is 0 Å². The van der Waals surface area contributed by atoms with Crippen molar-refractivity contribution in [1.29, 1.82) is 0 Å². The maximum Gasteiger partial charge on any atom is 0.225 e. The third-order valence-electron chi connectivity index (χ3n) is 4.61. The zero-order valence-electron chi connectivity index (χ0n) is 11.6. The molecule has 0 radical (unpaired) electrons. The summed E-state index contributed by atoms with van der Waals surface area (Å²) in [5, 5.41) is 0. The minimum atomic E-state index is 0.311. The van der Waals surface area contributed by atoms with Gasteiger partial charge in [0, 0.05) is 18.5 Å². The molecule has 0 aromatic carbocycles. The predicted octanol–water partition coefficient (Wildman–Crippen LogP) is 2.69. The Hall–Kier alpha value is -0.570. The van der Waals surface area contributed by atoms with Gasteiger partial charge in [0.1, 0.15) is 0 Å². The van der Waals surface area contributed by atoms with Crippen molar-refractivity contribution in [3.8, 4) is 0 Å². The van der Waals surface area contributed by atoms with Crippen molar-refractivity contribution >= 4 is 5.91 Å². The van der Waals surface area contributed by atoms with E-state index >= 15 is 0 Å². The molecule has 3 nitrogen and oxygen atoms in total. The fourth-order valence-corrected chi connectivity index (χ4v) is 3.54. The Balaban J connectivity index is 1.95. The molecule has 1 atom stereocenters. The molecule has 2 rings (SSSR count). The standard InChI is InChI=1S/C15H28N2O/c16-11-10-14-9-5-6-12-17(14)15(18)13-7-3-1-2-4-8-13/h13-14H,1-12,16H2. The monoisotopic (exact) mass is 252 g/mol. The van der Waals surface area contributed by atoms with Gasteiger partial charge in [0.2, 0.25) is 5.91 Å². The summed E-state index contributed by atoms with van der Waals surface area (Å²) in [5.41, 5.74) is 5.69. The molecule has 1 aliphatic heterocycles. The molecule has 1 aliphatic carbocycles. The molecular formula is C15H28N2O. The van der Waals surface area contributed by atoms with E-state index in [2.05, 4.69) is 4.90 Å². The van der Waals surface area contributed by atoms with E-state index in [1.165, 1.54) is 38.5 Å². The van der Waals surface area contributed by atoms with Crippen LogP contribution in [0.4, 0.5) is 0 Å². The normalized spacial score (nSPS) is 26.9. The molecule has 0 aromatic heterocycles. The lowest BCUT2D eigenvalue weighted by molar-refractivity contribution is -0.139. The Morgan fingerprint density at radius 3 is 2.33 bits per heavy atom. The van der Waals surface area contributed by atoms with E-state index < -0.39 is 0 Å². The van der Waals surface area contributed by atoms with Gasteiger partial charge in [-0.2, -0.15) is 0 Å². The highest BCUT2D eigenvalue weighted by Gasteiger charge is 2.31. The van der Waals surface area contributed by atoms with Gasteiger partial charge in [-0.15, -0.1) is 0 Å². The lowest BCUT2D eigenvalue weighted by Crippen LogP contribution is -2.47. The number of rotatable bonds is 3. The second-order valence-electron chi connectivity index (χ2n) is 5.95. The molecule has 0 aromatic rings. The smallest absolute Gasteiger partial charge is 0.225 e. The first-order valence-electron chi connectivity index (χ1n) is 7.83. The topological polar surface area (TPSA) is 46.3 Å². The predicted molar refractivity (Wildman–Crippen MR) is 74.2 cm³/mol. The second-order valence-corrected chi connectivity index (χ2v) is 5.95. The van der Waals surface area contributed by atoms with Crippen LogP contribution in [0.1, 0.15) is 64.2 Å². The van der Waals surface area contributed by atoms with Gasteiger partial charge in [0.25, 0.3) is 0 Å². The number of nitrogens with zero attached hydrogens (tertiary/aromatic N) is 1. The van der Waals surface area contributed by atoms with E-state index in [1.807, 2.05) is 0 Å². The molecule has 104 valence electrons. The van der Waals surface area contributed by atoms with Crippen LogP contribution in [-0.4, -0.2) is 29.9 Å². The van der Waals surface area contributed by atoms with Crippen LogP contribution in [0.25, 0.3) is 0 Å². The van der Waals surface area contributed by atoms with Crippen LogP contribution in [-0.2, 0) is 4.79 Å². The molecule has 0 spiro atoms. The number of amides is 1. The van der Waals surface area contributed by atoms with Crippen molar-refractivity contribution in [3.63, 3.8) is 0 Å². The molecule has 1 saturated heterocycles. The van der Waals surface area contributed by atoms with Crippen molar-refractivity contribution in [1.82, 2.24) is 4.90 Å². The quantitative estimate of drug-likeness (QED) is 0.785. The SMILES string of the molecule is NCCC1CCCCN1C(=O)C1CCCCCC1. The fourth-order valence-electron chi connectivity index (χ4n) is 3.54. The first kappa shape index (κ1) is 13.9. The summed E-state index contributed by atoms with van der Waals surface area (Å²) in [5.74, 6) is 0.751. The van der Waals surface area contributed by atoms with E-state index in [-0.39, 0.29) is 0 Å². The summed E-state index contributed by atoms with van der Waals surface area (Å²) in [7, 11) is 0. The van der Waals surface area contributed by atoms with Gasteiger partial charge in [-0.3, -0.25) is 4.79 Å². The average molecular weight is 252 g/mol. The van der Waals surface area contributed by atoms with Gasteiger partial charge in [-0.05, 0) is 45.1 Å². The van der Waals surface area contributed by atoms with Crippen LogP contribution >= 0.6 is 0 Å². The van der Waals surface area contributed by atoms with E-state index in [4.69, 9.17) is 5.73 Å². The number of carbonyl (C=O) groups is 1. The lowest BCUT2D eigenvalue weighted by atomic mass is 9.93. The van der Waals surface area contributed by atoms with Gasteiger partial charge < -0.3 is 10.6 Å². The Labute approximate surface area is 111 Å². The molecule has 3 heteroatoms. The van der Waals surface area contributed by atoms with Crippen molar-refractivity contribution < 1.29 is 4.79 Å². The maximum absolute atomic E-state index is 12.7. The molecule has 1 saturated carbocycles. The maximum atomic E-state index is 12.7. The van der Waals surface area contributed by atoms with Crippen LogP contribution in [0.15, 0.2) is 0 Å². The number of nitrogens with two attached hydrogens (primary N) is 1. The minimum Gasteiger partial charge on any atom is -0.339 e. The van der Waals surface area contributed by atoms with Crippen molar-refractivity contribution in [3.05, 3.63) is 0 Å². The molecule has 0 bridgehead atoms. The van der Waals surface area contributed by atoms with Crippen LogP contribution in [0, 0.1) is 5.92 Å². The third kappa shape index (κ3) is 3.47. The van der Waals surface area contributed by atoms with Crippen molar-refractivity contribution in [2.24, 2.45) is 11.7 Å². The summed E-state index contributed by atoms with van der Waals surface area (Å²) in [6.07, 6.45) is 11.9. The van der Waals surface area contributed by atoms with Gasteiger partial charge in [0.05, 0.1) is 0 Å². The fraction of sp³-hybridized carbons (Fsp3) is 0.933. The van der Waals surface area contributed by atoms with E-state index in [1.54, 1.807) is 0 Å². The van der Waals surface area contributed by atoms with Crippen molar-refractivity contribution in [2.45, 2.75) is 70.3 Å². The Kier molecular flexibility index (Phi) is 5.48. The van der Waals surface area contributed by atoms with Gasteiger partial charge in [0.15, 0.2) is 0 Å². The largest absolute Gasteiger partial charge is 0.339 e. The van der Waals surface area contributed by atoms with Crippen LogP contribution < -0.4 is 5.73 Å². The molecule has 2 aliphatic rings. The zero-order chi connectivity index (χ0) is 12.8. The molecule has 1 unspecified atom stereocenters. The third-order valence-corrected chi connectivity index (χ3v) is 4.61. The number of hydrogen-bond donors (Lipinski definition) is 1. The Morgan fingerprint density at radius 2 is 1.67 bits per heavy atom. The number of hydrogen-bond acceptors (Lipinski definition) is 2. The summed E-state index contributed by atoms with van der Waals surface area (Å²) in [4.78, 5) is 14.8. The van der Waals surface area contributed by atoms with Crippen LogP contribution in [0.3, 0.4) is 0 Å². The average Bonchev–Trinajstić information content (AvgIpc) is 2.68. The number of carbonyl (C=O) groups excluding carboxylic acids is 1. The van der Waals surface area contributed by atoms with Gasteiger partial charge >= 0.3 is 0 Å². The molecular weight excluding hydrogens is 224 g/mol. The molecule has 2 fully saturated rings. The molecule has 1 amide bonds. The number of piperidine rings is 1. The van der Waals surface area contributed by atoms with Gasteiger partial charge in [-0.1, -0.05) is 25.7 Å². The first-order chi connectivity index (χ1) is 8.83. The Morgan fingerprint density at radius 1 is 1.00 bits per heavy atom. The first-order valence-corrected chi connectivity index (χ1v) is 7.83. The van der Waals surface area contributed by atoms with Gasteiger partial charge in [-0.25, -0.2) is 0 Å². The molecule has 18 heavy (non-hydrogen) atoms. The zero-order valence-corrected chi connectivity index (χ0v) is 11.6. The number of likely N-dealkylation sites (tertiary alicyclic amines) is 1. The molecule has 1 heterocycles. The summed E-state index contributed by atoms with van der Waals surface area (Å²) < 4.78 is 0. The second kappa shape index (κ2) is 7.13. The lowest BCUT2D eigenvalue weighted by Gasteiger charge is -2.37. The highest BCUT2D eigenvalue weighted by Crippen LogP contribution is 2.28. The van der Waals surface area contributed by atoms with E-state index in [0.29, 0.717) is 24.4 Å². The summed E-state index contributed by atoms with van der Waals surface area (Å²) >= 11 is 0. The van der Waals surface area contributed by atoms with Crippen molar-refractivity contribution in [2.75, 3.05) is 13.1 Å². The van der Waals surface area contributed by atoms with E-state index in [9.17, 15) is 4.79 Å².